The SMILES string of the molecule is CCOc1ccc(NCC(=O)Nc2ccc(Br)cc2)c(S(=O)(=O)c2ccc(C)cc2)c1. The molecule has 1 amide bonds. The van der Waals surface area contributed by atoms with E-state index in [9.17, 15) is 13.2 Å². The summed E-state index contributed by atoms with van der Waals surface area (Å²) in [5.74, 6) is 0.146. The summed E-state index contributed by atoms with van der Waals surface area (Å²) in [6.07, 6.45) is 0. The van der Waals surface area contributed by atoms with Crippen molar-refractivity contribution in [2.45, 2.75) is 23.6 Å². The van der Waals surface area contributed by atoms with Crippen LogP contribution in [0.3, 0.4) is 0 Å². The van der Waals surface area contributed by atoms with Crippen molar-refractivity contribution in [2.24, 2.45) is 0 Å². The average molecular weight is 503 g/mol. The predicted molar refractivity (Wildman–Crippen MR) is 126 cm³/mol. The van der Waals surface area contributed by atoms with Crippen molar-refractivity contribution in [3.05, 3.63) is 76.8 Å². The van der Waals surface area contributed by atoms with Gasteiger partial charge in [0.25, 0.3) is 0 Å². The average Bonchev–Trinajstić information content (AvgIpc) is 2.75. The summed E-state index contributed by atoms with van der Waals surface area (Å²) in [6, 6.07) is 18.6. The minimum Gasteiger partial charge on any atom is -0.494 e. The lowest BCUT2D eigenvalue weighted by molar-refractivity contribution is -0.114. The molecule has 3 aromatic carbocycles. The molecule has 0 aromatic heterocycles. The van der Waals surface area contributed by atoms with E-state index in [-0.39, 0.29) is 22.2 Å². The standard InChI is InChI=1S/C23H23BrN2O4S/c1-3-30-19-10-13-21(25-15-23(27)26-18-8-6-17(24)7-9-18)22(14-19)31(28,29)20-11-4-16(2)5-12-20/h4-14,25H,3,15H2,1-2H3,(H,26,27). The van der Waals surface area contributed by atoms with E-state index in [1.54, 1.807) is 48.5 Å². The molecule has 0 radical (unpaired) electrons. The molecule has 3 aromatic rings. The lowest BCUT2D eigenvalue weighted by atomic mass is 10.2. The van der Waals surface area contributed by atoms with Crippen LogP contribution in [0.5, 0.6) is 5.75 Å². The Hall–Kier alpha value is -2.84. The van der Waals surface area contributed by atoms with Crippen molar-refractivity contribution >= 4 is 43.0 Å². The second kappa shape index (κ2) is 9.98. The number of anilines is 2. The first kappa shape index (κ1) is 22.8. The van der Waals surface area contributed by atoms with Crippen molar-refractivity contribution in [1.29, 1.82) is 0 Å². The van der Waals surface area contributed by atoms with Crippen LogP contribution in [0.25, 0.3) is 0 Å². The summed E-state index contributed by atoms with van der Waals surface area (Å²) in [5, 5.41) is 5.72. The molecule has 0 aliphatic carbocycles. The Labute approximate surface area is 190 Å². The minimum atomic E-state index is -3.82. The Morgan fingerprint density at radius 3 is 2.32 bits per heavy atom. The van der Waals surface area contributed by atoms with Crippen molar-refractivity contribution in [3.63, 3.8) is 0 Å². The molecular formula is C23H23BrN2O4S. The molecule has 0 heterocycles. The van der Waals surface area contributed by atoms with Gasteiger partial charge in [0, 0.05) is 16.2 Å². The quantitative estimate of drug-likeness (QED) is 0.450. The van der Waals surface area contributed by atoms with Gasteiger partial charge in [0.2, 0.25) is 15.7 Å². The second-order valence-electron chi connectivity index (χ2n) is 6.82. The summed E-state index contributed by atoms with van der Waals surface area (Å²) in [7, 11) is -3.82. The van der Waals surface area contributed by atoms with E-state index in [4.69, 9.17) is 4.74 Å². The van der Waals surface area contributed by atoms with Gasteiger partial charge in [-0.25, -0.2) is 8.42 Å². The van der Waals surface area contributed by atoms with Crippen molar-refractivity contribution < 1.29 is 17.9 Å². The van der Waals surface area contributed by atoms with Crippen LogP contribution in [0.1, 0.15) is 12.5 Å². The van der Waals surface area contributed by atoms with E-state index in [0.29, 0.717) is 23.7 Å². The lowest BCUT2D eigenvalue weighted by Gasteiger charge is -2.15. The number of carbonyl (C=O) groups excluding carboxylic acids is 1. The molecule has 3 rings (SSSR count). The Kier molecular flexibility index (Phi) is 7.35. The van der Waals surface area contributed by atoms with Gasteiger partial charge in [0.15, 0.2) is 0 Å². The smallest absolute Gasteiger partial charge is 0.243 e. The molecule has 6 nitrogen and oxygen atoms in total. The highest BCUT2D eigenvalue weighted by Crippen LogP contribution is 2.31. The van der Waals surface area contributed by atoms with E-state index in [1.165, 1.54) is 6.07 Å². The summed E-state index contributed by atoms with van der Waals surface area (Å²) in [5.41, 5.74) is 1.94. The molecule has 0 unspecified atom stereocenters. The highest BCUT2D eigenvalue weighted by molar-refractivity contribution is 9.10. The van der Waals surface area contributed by atoms with Crippen LogP contribution in [-0.2, 0) is 14.6 Å². The van der Waals surface area contributed by atoms with Crippen LogP contribution in [0.2, 0.25) is 0 Å². The van der Waals surface area contributed by atoms with Crippen LogP contribution in [-0.4, -0.2) is 27.5 Å². The zero-order valence-electron chi connectivity index (χ0n) is 17.2. The lowest BCUT2D eigenvalue weighted by Crippen LogP contribution is -2.22. The fourth-order valence-corrected chi connectivity index (χ4v) is 4.60. The van der Waals surface area contributed by atoms with Gasteiger partial charge in [-0.05, 0) is 62.4 Å². The highest BCUT2D eigenvalue weighted by atomic mass is 79.9. The van der Waals surface area contributed by atoms with Gasteiger partial charge < -0.3 is 15.4 Å². The molecule has 0 bridgehead atoms. The van der Waals surface area contributed by atoms with Gasteiger partial charge in [-0.3, -0.25) is 4.79 Å². The van der Waals surface area contributed by atoms with Gasteiger partial charge in [-0.2, -0.15) is 0 Å². The molecule has 0 aliphatic heterocycles. The predicted octanol–water partition coefficient (Wildman–Crippen LogP) is 5.04. The number of amides is 1. The summed E-state index contributed by atoms with van der Waals surface area (Å²) < 4.78 is 33.0. The number of carbonyl (C=O) groups is 1. The maximum Gasteiger partial charge on any atom is 0.243 e. The Morgan fingerprint density at radius 1 is 1.00 bits per heavy atom. The van der Waals surface area contributed by atoms with Crippen LogP contribution >= 0.6 is 15.9 Å². The molecule has 0 aliphatic rings. The molecule has 0 fully saturated rings. The van der Waals surface area contributed by atoms with Crippen LogP contribution in [0.15, 0.2) is 81.0 Å². The summed E-state index contributed by atoms with van der Waals surface area (Å²) in [6.45, 7) is 4.03. The Bertz CT molecular complexity index is 1160. The number of sulfone groups is 1. The van der Waals surface area contributed by atoms with Crippen LogP contribution < -0.4 is 15.4 Å². The molecule has 0 saturated heterocycles. The number of rotatable bonds is 8. The third-order valence-electron chi connectivity index (χ3n) is 4.45. The van der Waals surface area contributed by atoms with Crippen LogP contribution in [0.4, 0.5) is 11.4 Å². The largest absolute Gasteiger partial charge is 0.494 e. The first-order chi connectivity index (χ1) is 14.8. The van der Waals surface area contributed by atoms with E-state index >= 15 is 0 Å². The molecule has 0 saturated carbocycles. The number of nitrogens with one attached hydrogen (secondary N) is 2. The van der Waals surface area contributed by atoms with Crippen molar-refractivity contribution in [3.8, 4) is 5.75 Å². The zero-order valence-corrected chi connectivity index (χ0v) is 19.6. The normalized spacial score (nSPS) is 11.1. The first-order valence-corrected chi connectivity index (χ1v) is 11.9. The Morgan fingerprint density at radius 2 is 1.68 bits per heavy atom. The second-order valence-corrected chi connectivity index (χ2v) is 9.65. The van der Waals surface area contributed by atoms with Crippen molar-refractivity contribution in [2.75, 3.05) is 23.8 Å². The number of aryl methyl sites for hydroxylation is 1. The highest BCUT2D eigenvalue weighted by Gasteiger charge is 2.23. The van der Waals surface area contributed by atoms with E-state index in [2.05, 4.69) is 26.6 Å². The number of benzene rings is 3. The molecule has 2 N–H and O–H groups in total. The third kappa shape index (κ3) is 5.86. The molecule has 8 heteroatoms. The topological polar surface area (TPSA) is 84.5 Å². The Balaban J connectivity index is 1.85. The molecule has 0 atom stereocenters. The number of ether oxygens (including phenoxy) is 1. The molecule has 0 spiro atoms. The molecular weight excluding hydrogens is 480 g/mol. The number of halogens is 1. The van der Waals surface area contributed by atoms with E-state index in [1.807, 2.05) is 26.0 Å². The first-order valence-electron chi connectivity index (χ1n) is 9.67. The minimum absolute atomic E-state index is 0.0544. The van der Waals surface area contributed by atoms with E-state index < -0.39 is 9.84 Å². The van der Waals surface area contributed by atoms with E-state index in [0.717, 1.165) is 10.0 Å². The molecule has 162 valence electrons. The van der Waals surface area contributed by atoms with Crippen molar-refractivity contribution in [1.82, 2.24) is 0 Å². The van der Waals surface area contributed by atoms with Gasteiger partial charge in [-0.15, -0.1) is 0 Å². The summed E-state index contributed by atoms with van der Waals surface area (Å²) >= 11 is 3.35. The van der Waals surface area contributed by atoms with Gasteiger partial charge in [0.05, 0.1) is 28.6 Å². The van der Waals surface area contributed by atoms with Gasteiger partial charge in [0.1, 0.15) is 5.75 Å². The van der Waals surface area contributed by atoms with Gasteiger partial charge in [-0.1, -0.05) is 33.6 Å². The third-order valence-corrected chi connectivity index (χ3v) is 6.79. The fourth-order valence-electron chi connectivity index (χ4n) is 2.89. The maximum absolute atomic E-state index is 13.3. The molecule has 31 heavy (non-hydrogen) atoms. The van der Waals surface area contributed by atoms with Crippen LogP contribution in [0, 0.1) is 6.92 Å². The zero-order chi connectivity index (χ0) is 22.4. The maximum atomic E-state index is 13.3. The fraction of sp³-hybridized carbons (Fsp3) is 0.174. The number of hydrogen-bond acceptors (Lipinski definition) is 5. The van der Waals surface area contributed by atoms with Gasteiger partial charge >= 0.3 is 0 Å². The monoisotopic (exact) mass is 502 g/mol. The number of hydrogen-bond donors (Lipinski definition) is 2. The summed E-state index contributed by atoms with van der Waals surface area (Å²) in [4.78, 5) is 12.6.